The van der Waals surface area contributed by atoms with Gasteiger partial charge in [-0.1, -0.05) is 69.7 Å². The van der Waals surface area contributed by atoms with Gasteiger partial charge < -0.3 is 18.9 Å². The Hall–Kier alpha value is -0.160. The Morgan fingerprint density at radius 2 is 0.585 bits per heavy atom. The fourth-order valence-corrected chi connectivity index (χ4v) is 4.87. The van der Waals surface area contributed by atoms with Crippen molar-refractivity contribution >= 4 is 0 Å². The Balaban J connectivity index is -0.000000251. The molecule has 0 aliphatic carbocycles. The number of hydrogen-bond acceptors (Lipinski definition) is 4. The molecule has 0 fully saturated rings. The van der Waals surface area contributed by atoms with Crippen LogP contribution < -0.4 is 0 Å². The third kappa shape index (κ3) is 47.0. The highest BCUT2D eigenvalue weighted by molar-refractivity contribution is 4.71. The fourth-order valence-electron chi connectivity index (χ4n) is 4.87. The van der Waals surface area contributed by atoms with Gasteiger partial charge in [-0.05, 0) is 126 Å². The van der Waals surface area contributed by atoms with Crippen LogP contribution in [0.4, 0.5) is 0 Å². The van der Waals surface area contributed by atoms with Crippen molar-refractivity contribution in [1.82, 2.24) is 0 Å². The lowest BCUT2D eigenvalue weighted by molar-refractivity contribution is -0.0983. The van der Waals surface area contributed by atoms with Gasteiger partial charge in [0, 0.05) is 0 Å². The van der Waals surface area contributed by atoms with Crippen LogP contribution >= 0.6 is 0 Å². The highest BCUT2D eigenvalue weighted by atomic mass is 16.5. The van der Waals surface area contributed by atoms with Gasteiger partial charge in [-0.25, -0.2) is 0 Å². The molecule has 41 heavy (non-hydrogen) atoms. The van der Waals surface area contributed by atoms with Gasteiger partial charge in [-0.15, -0.1) is 0 Å². The molecule has 0 saturated carbocycles. The van der Waals surface area contributed by atoms with Crippen molar-refractivity contribution in [2.24, 2.45) is 16.2 Å². The molecule has 4 nitrogen and oxygen atoms in total. The van der Waals surface area contributed by atoms with E-state index < -0.39 is 0 Å². The maximum absolute atomic E-state index is 5.81. The van der Waals surface area contributed by atoms with Crippen molar-refractivity contribution in [2.45, 2.75) is 220 Å². The molecule has 0 aromatic rings. The summed E-state index contributed by atoms with van der Waals surface area (Å²) in [5, 5.41) is 0. The van der Waals surface area contributed by atoms with Crippen molar-refractivity contribution in [2.75, 3.05) is 6.61 Å². The smallest absolute Gasteiger partial charge is 0.0787 e. The topological polar surface area (TPSA) is 36.9 Å². The molecule has 254 valence electrons. The minimum Gasteiger partial charge on any atom is -0.376 e. The molecule has 0 saturated heterocycles. The van der Waals surface area contributed by atoms with Crippen LogP contribution in [-0.2, 0) is 18.9 Å². The average Bonchev–Trinajstić information content (AvgIpc) is 2.50. The van der Waals surface area contributed by atoms with E-state index in [0.29, 0.717) is 41.2 Å². The van der Waals surface area contributed by atoms with E-state index in [2.05, 4.69) is 152 Å². The van der Waals surface area contributed by atoms with Gasteiger partial charge in [0.1, 0.15) is 0 Å². The molecule has 4 atom stereocenters. The standard InChI is InChI=1S/C14H30O2.2C11H24O.CH4/c1-11(9-13(3,4)5)15-10-12(2)16-14(6,7)8;2*1-9(8-10(2,3)4)12-11(5,6)7;/h11-12H,9-10H2,1-8H3;2*9H,8H2,1-7H3;1H4/t11-,12+;2*9-;/m010./s1. The van der Waals surface area contributed by atoms with Crippen LogP contribution in [0.2, 0.25) is 0 Å². The molecule has 0 aromatic heterocycles. The molecule has 0 aliphatic heterocycles. The van der Waals surface area contributed by atoms with Crippen LogP contribution in [-0.4, -0.2) is 47.8 Å². The van der Waals surface area contributed by atoms with Gasteiger partial charge in [-0.2, -0.15) is 0 Å². The molecule has 0 spiro atoms. The summed E-state index contributed by atoms with van der Waals surface area (Å²) in [5.41, 5.74) is 0.953. The van der Waals surface area contributed by atoms with Gasteiger partial charge in [0.25, 0.3) is 0 Å². The van der Waals surface area contributed by atoms with Crippen LogP contribution in [0.25, 0.3) is 0 Å². The van der Waals surface area contributed by atoms with Crippen LogP contribution in [0.3, 0.4) is 0 Å². The predicted molar refractivity (Wildman–Crippen MR) is 185 cm³/mol. The Bertz CT molecular complexity index is 524. The molecule has 0 aromatic carbocycles. The van der Waals surface area contributed by atoms with E-state index in [-0.39, 0.29) is 30.3 Å². The molecule has 0 N–H and O–H groups in total. The Morgan fingerprint density at radius 1 is 0.366 bits per heavy atom. The van der Waals surface area contributed by atoms with E-state index in [9.17, 15) is 0 Å². The zero-order valence-corrected chi connectivity index (χ0v) is 31.8. The summed E-state index contributed by atoms with van der Waals surface area (Å²) in [6, 6.07) is 0. The second-order valence-electron chi connectivity index (χ2n) is 18.6. The molecule has 0 aliphatic rings. The van der Waals surface area contributed by atoms with Gasteiger partial charge in [0.15, 0.2) is 0 Å². The zero-order chi connectivity index (χ0) is 33.0. The normalized spacial score (nSPS) is 16.2. The van der Waals surface area contributed by atoms with Gasteiger partial charge >= 0.3 is 0 Å². The summed E-state index contributed by atoms with van der Waals surface area (Å²) in [7, 11) is 0. The van der Waals surface area contributed by atoms with E-state index >= 15 is 0 Å². The van der Waals surface area contributed by atoms with Crippen LogP contribution in [0.1, 0.15) is 179 Å². The van der Waals surface area contributed by atoms with Crippen LogP contribution in [0.5, 0.6) is 0 Å². The van der Waals surface area contributed by atoms with Gasteiger partial charge in [0.2, 0.25) is 0 Å². The summed E-state index contributed by atoms with van der Waals surface area (Å²) in [6.45, 7) is 48.2. The fraction of sp³-hybridized carbons (Fsp3) is 1.00. The molecule has 0 unspecified atom stereocenters. The minimum absolute atomic E-state index is 0. The van der Waals surface area contributed by atoms with Crippen molar-refractivity contribution in [1.29, 1.82) is 0 Å². The number of ether oxygens (including phenoxy) is 4. The maximum Gasteiger partial charge on any atom is 0.0787 e. The summed E-state index contributed by atoms with van der Waals surface area (Å²) in [5.74, 6) is 0. The monoisotopic (exact) mass is 591 g/mol. The minimum atomic E-state index is -0.0873. The van der Waals surface area contributed by atoms with Crippen LogP contribution in [0, 0.1) is 16.2 Å². The van der Waals surface area contributed by atoms with Gasteiger partial charge in [-0.3, -0.25) is 0 Å². The molecule has 4 heteroatoms. The number of rotatable bonds is 9. The summed E-state index contributed by atoms with van der Waals surface area (Å²) >= 11 is 0. The Morgan fingerprint density at radius 3 is 0.805 bits per heavy atom. The van der Waals surface area contributed by atoms with E-state index in [1.807, 2.05) is 0 Å². The van der Waals surface area contributed by atoms with Crippen molar-refractivity contribution in [3.05, 3.63) is 0 Å². The quantitative estimate of drug-likeness (QED) is 0.268. The highest BCUT2D eigenvalue weighted by Crippen LogP contribution is 2.26. The summed E-state index contributed by atoms with van der Waals surface area (Å²) in [4.78, 5) is 0. The second kappa shape index (κ2) is 19.3. The molecule has 0 rings (SSSR count). The SMILES string of the molecule is C.C[C@@H](CC(C)(C)C)OC(C)(C)C.C[C@H](CC(C)(C)C)OC(C)(C)C.C[C@H](CO[C@@H](C)CC(C)(C)C)OC(C)(C)C. The molecular formula is C37H82O4. The summed E-state index contributed by atoms with van der Waals surface area (Å²) < 4.78 is 23.2. The third-order valence-electron chi connectivity index (χ3n) is 4.98. The lowest BCUT2D eigenvalue weighted by Crippen LogP contribution is -2.30. The molecular weight excluding hydrogens is 508 g/mol. The van der Waals surface area contributed by atoms with E-state index in [1.165, 1.54) is 0 Å². The highest BCUT2D eigenvalue weighted by Gasteiger charge is 2.22. The first-order valence-electron chi connectivity index (χ1n) is 15.8. The maximum atomic E-state index is 5.81. The van der Waals surface area contributed by atoms with E-state index in [4.69, 9.17) is 18.9 Å². The first-order valence-corrected chi connectivity index (χ1v) is 15.8. The summed E-state index contributed by atoms with van der Waals surface area (Å²) in [6.07, 6.45) is 4.47. The lowest BCUT2D eigenvalue weighted by atomic mass is 9.89. The Labute approximate surface area is 261 Å². The Kier molecular flexibility index (Phi) is 22.5. The molecule has 0 bridgehead atoms. The molecule has 0 amide bonds. The predicted octanol–water partition coefficient (Wildman–Crippen LogP) is 11.9. The zero-order valence-electron chi connectivity index (χ0n) is 31.8. The molecule has 0 heterocycles. The van der Waals surface area contributed by atoms with Crippen molar-refractivity contribution in [3.8, 4) is 0 Å². The average molecular weight is 591 g/mol. The third-order valence-corrected chi connectivity index (χ3v) is 4.98. The molecule has 0 radical (unpaired) electrons. The van der Waals surface area contributed by atoms with Gasteiger partial charge in [0.05, 0.1) is 47.8 Å². The largest absolute Gasteiger partial charge is 0.376 e. The van der Waals surface area contributed by atoms with Crippen molar-refractivity contribution in [3.63, 3.8) is 0 Å². The second-order valence-corrected chi connectivity index (χ2v) is 18.6. The van der Waals surface area contributed by atoms with Crippen molar-refractivity contribution < 1.29 is 18.9 Å². The lowest BCUT2D eigenvalue weighted by Gasteiger charge is -2.29. The first-order chi connectivity index (χ1) is 17.2. The number of hydrogen-bond donors (Lipinski definition) is 0. The first kappa shape index (κ1) is 47.8. The van der Waals surface area contributed by atoms with E-state index in [0.717, 1.165) is 19.3 Å². The van der Waals surface area contributed by atoms with E-state index in [1.54, 1.807) is 0 Å². The van der Waals surface area contributed by atoms with Crippen LogP contribution in [0.15, 0.2) is 0 Å².